The third kappa shape index (κ3) is 20.0. The van der Waals surface area contributed by atoms with Gasteiger partial charge in [-0.15, -0.1) is 0 Å². The number of allylic oxidation sites excluding steroid dienone is 12. The molecule has 3 heterocycles. The number of cyclic esters (lactones) is 1. The predicted octanol–water partition coefficient (Wildman–Crippen LogP) is 1.05. The number of carbonyl (C=O) groups is 2. The summed E-state index contributed by atoms with van der Waals surface area (Å²) in [5, 5.41) is 123. The number of aliphatic hydroxyl groups excluding tert-OH is 10. The van der Waals surface area contributed by atoms with Crippen molar-refractivity contribution in [3.05, 3.63) is 85.1 Å². The maximum atomic E-state index is 14.1. The number of esters is 1. The van der Waals surface area contributed by atoms with E-state index in [1.54, 1.807) is 69.4 Å². The number of aliphatic hydroxyl groups is 11. The van der Waals surface area contributed by atoms with Gasteiger partial charge in [-0.25, -0.2) is 0 Å². The number of hydrogen-bond donors (Lipinski definition) is 13. The van der Waals surface area contributed by atoms with Gasteiger partial charge in [0.2, 0.25) is 5.91 Å². The molecule has 14 N–H and O–H groups in total. The zero-order valence-corrected chi connectivity index (χ0v) is 42.1. The Bertz CT molecular complexity index is 1860. The van der Waals surface area contributed by atoms with Gasteiger partial charge in [-0.05, 0) is 58.8 Å². The minimum Gasteiger partial charge on any atom is -0.462 e. The van der Waals surface area contributed by atoms with Crippen LogP contribution >= 0.6 is 0 Å². The summed E-state index contributed by atoms with van der Waals surface area (Å²) >= 11 is 0. The summed E-state index contributed by atoms with van der Waals surface area (Å²) in [6.45, 7) is 6.79. The lowest BCUT2D eigenvalue weighted by Crippen LogP contribution is -2.62. The molecule has 0 unspecified atom stereocenters. The van der Waals surface area contributed by atoms with Crippen molar-refractivity contribution >= 4 is 11.9 Å². The van der Waals surface area contributed by atoms with Crippen molar-refractivity contribution in [2.24, 2.45) is 23.5 Å². The van der Waals surface area contributed by atoms with E-state index >= 15 is 0 Å². The van der Waals surface area contributed by atoms with E-state index in [1.807, 2.05) is 43.4 Å². The first-order valence-corrected chi connectivity index (χ1v) is 25.5. The Balaban J connectivity index is 1.61. The van der Waals surface area contributed by atoms with Crippen LogP contribution in [0, 0.1) is 17.8 Å². The number of rotatable bonds is 4. The molecule has 3 aliphatic heterocycles. The Morgan fingerprint density at radius 3 is 1.86 bits per heavy atom. The van der Waals surface area contributed by atoms with E-state index in [2.05, 4.69) is 5.32 Å². The maximum absolute atomic E-state index is 14.1. The smallest absolute Gasteiger partial charge is 0.308 e. The SMILES string of the molecule is C[C@@H]1[C@H](O)[C@@H](C)/C=C/C=C/C=C/C=C/C=C/C=C/C=C/[C@H](O[C@@H]2O[C@H](C)[C@@H](O)[C@H](N)[C@@H]2O)C[C@@H]2O[C@](O)(C[C@@H](O)C[C@@H](O)[C@H](O)CC[C@@H](O)C[C@@H](O)CC(=O)O[C@H]1C)C[C@H](O)[C@H]2C(=O)N[C@H]1CCC[C@@H](O)C1. The summed E-state index contributed by atoms with van der Waals surface area (Å²) in [4.78, 5) is 26.8. The monoisotopic (exact) mass is 1020 g/mol. The largest absolute Gasteiger partial charge is 0.462 e. The first-order valence-electron chi connectivity index (χ1n) is 25.5. The quantitative estimate of drug-likeness (QED) is 0.175. The minimum absolute atomic E-state index is 0.100. The molecular formula is C53H84N2O17. The van der Waals surface area contributed by atoms with Gasteiger partial charge in [0, 0.05) is 43.6 Å². The number of fused-ring (bicyclic) bond motifs is 2. The van der Waals surface area contributed by atoms with Crippen LogP contribution in [0.1, 0.15) is 105 Å². The fourth-order valence-electron chi connectivity index (χ4n) is 9.58. The Morgan fingerprint density at radius 1 is 0.639 bits per heavy atom. The van der Waals surface area contributed by atoms with E-state index in [0.717, 1.165) is 0 Å². The van der Waals surface area contributed by atoms with Gasteiger partial charge in [0.25, 0.3) is 0 Å². The molecule has 2 bridgehead atoms. The lowest BCUT2D eigenvalue weighted by molar-refractivity contribution is -0.307. The van der Waals surface area contributed by atoms with E-state index in [0.29, 0.717) is 25.7 Å². The van der Waals surface area contributed by atoms with Crippen LogP contribution in [-0.2, 0) is 28.5 Å². The van der Waals surface area contributed by atoms with Crippen LogP contribution in [0.25, 0.3) is 0 Å². The summed E-state index contributed by atoms with van der Waals surface area (Å²) in [7, 11) is 0. The third-order valence-electron chi connectivity index (χ3n) is 14.0. The van der Waals surface area contributed by atoms with Gasteiger partial charge in [0.1, 0.15) is 12.2 Å². The van der Waals surface area contributed by atoms with Gasteiger partial charge in [-0.3, -0.25) is 9.59 Å². The Kier molecular flexibility index (Phi) is 25.6. The molecule has 0 radical (unpaired) electrons. The Morgan fingerprint density at radius 2 is 1.24 bits per heavy atom. The van der Waals surface area contributed by atoms with Crippen LogP contribution in [0.5, 0.6) is 0 Å². The second-order valence-corrected chi connectivity index (χ2v) is 20.3. The average molecular weight is 1020 g/mol. The fourth-order valence-corrected chi connectivity index (χ4v) is 9.58. The fraction of sp³-hybridized carbons (Fsp3) is 0.698. The second-order valence-electron chi connectivity index (χ2n) is 20.3. The minimum atomic E-state index is -2.29. The van der Waals surface area contributed by atoms with Crippen molar-refractivity contribution in [1.29, 1.82) is 0 Å². The second kappa shape index (κ2) is 30.2. The molecule has 72 heavy (non-hydrogen) atoms. The normalized spacial score (nSPS) is 45.5. The van der Waals surface area contributed by atoms with E-state index in [9.17, 15) is 65.8 Å². The van der Waals surface area contributed by atoms with Crippen LogP contribution in [0.4, 0.5) is 0 Å². The summed E-state index contributed by atoms with van der Waals surface area (Å²) in [6.07, 6.45) is 5.97. The molecule has 4 rings (SSSR count). The lowest BCUT2D eigenvalue weighted by atomic mass is 9.81. The van der Waals surface area contributed by atoms with Crippen molar-refractivity contribution in [2.45, 2.75) is 214 Å². The molecule has 1 aliphatic carbocycles. The standard InChI is InChI=1S/C53H84N2O17/c1-31-18-15-13-11-9-7-5-6-8-10-12-14-16-21-40(71-52-50(66)47(54)49(65)34(4)70-52)28-44-46(51(67)55-35-19-17-20-36(56)24-35)43(62)30-53(68,72-44)29-39(59)26-42(61)41(60)23-22-37(57)25-38(58)27-45(63)69-33(3)32(2)48(31)64/h5-16,18,21,31-44,46-50,52,56-62,64-66,68H,17,19-20,22-30,54H2,1-4H3,(H,55,67)/b6-5+,9-7+,10-8+,13-11+,14-12+,18-15+,21-16+/t31-,32-,33-,34+,35-,36+,37+,38+,39-,40-,41+,42+,43-,44-,46+,47-,48+,49+,50-,52-,53+/m0/s1. The Hall–Kier alpha value is -3.48. The molecule has 0 aromatic heterocycles. The van der Waals surface area contributed by atoms with E-state index in [1.165, 1.54) is 0 Å². The zero-order chi connectivity index (χ0) is 53.1. The number of ether oxygens (including phenoxy) is 4. The molecule has 1 amide bonds. The topological polar surface area (TPSA) is 332 Å². The number of nitrogens with two attached hydrogens (primary N) is 1. The molecule has 1 saturated carbocycles. The number of amides is 1. The highest BCUT2D eigenvalue weighted by Gasteiger charge is 2.51. The molecule has 21 atom stereocenters. The van der Waals surface area contributed by atoms with Crippen LogP contribution in [0.3, 0.4) is 0 Å². The van der Waals surface area contributed by atoms with Crippen molar-refractivity contribution in [2.75, 3.05) is 0 Å². The summed E-state index contributed by atoms with van der Waals surface area (Å²) in [5.74, 6) is -5.68. The number of nitrogens with one attached hydrogen (secondary N) is 1. The van der Waals surface area contributed by atoms with Crippen LogP contribution in [0.2, 0.25) is 0 Å². The van der Waals surface area contributed by atoms with Crippen LogP contribution in [0.15, 0.2) is 85.1 Å². The summed E-state index contributed by atoms with van der Waals surface area (Å²) in [5.41, 5.74) is 6.12. The lowest BCUT2D eigenvalue weighted by Gasteiger charge is -2.46. The summed E-state index contributed by atoms with van der Waals surface area (Å²) in [6, 6.07) is -1.55. The van der Waals surface area contributed by atoms with Gasteiger partial charge in [0.05, 0.1) is 91.6 Å². The van der Waals surface area contributed by atoms with Gasteiger partial charge >= 0.3 is 5.97 Å². The van der Waals surface area contributed by atoms with E-state index < -0.39 is 159 Å². The van der Waals surface area contributed by atoms with Crippen molar-refractivity contribution in [3.8, 4) is 0 Å². The van der Waals surface area contributed by atoms with Crippen molar-refractivity contribution < 1.29 is 84.7 Å². The van der Waals surface area contributed by atoms with Gasteiger partial charge < -0.3 is 86.2 Å². The van der Waals surface area contributed by atoms with Crippen molar-refractivity contribution in [1.82, 2.24) is 5.32 Å². The van der Waals surface area contributed by atoms with E-state index in [4.69, 9.17) is 24.7 Å². The number of carbonyl (C=O) groups excluding carboxylic acids is 2. The molecule has 19 nitrogen and oxygen atoms in total. The van der Waals surface area contributed by atoms with Gasteiger partial charge in [0.15, 0.2) is 12.1 Å². The first kappa shape index (κ1) is 61.1. The van der Waals surface area contributed by atoms with E-state index in [-0.39, 0.29) is 31.6 Å². The highest BCUT2D eigenvalue weighted by atomic mass is 16.7. The number of hydrogen-bond acceptors (Lipinski definition) is 18. The molecule has 408 valence electrons. The van der Waals surface area contributed by atoms with Crippen LogP contribution in [-0.4, -0.2) is 178 Å². The summed E-state index contributed by atoms with van der Waals surface area (Å²) < 4.78 is 23.8. The molecular weight excluding hydrogens is 937 g/mol. The zero-order valence-electron chi connectivity index (χ0n) is 42.1. The van der Waals surface area contributed by atoms with Crippen molar-refractivity contribution in [3.63, 3.8) is 0 Å². The molecule has 0 spiro atoms. The van der Waals surface area contributed by atoms with Crippen LogP contribution < -0.4 is 11.1 Å². The maximum Gasteiger partial charge on any atom is 0.308 e. The molecule has 0 aromatic carbocycles. The third-order valence-corrected chi connectivity index (χ3v) is 14.0. The molecule has 2 saturated heterocycles. The predicted molar refractivity (Wildman–Crippen MR) is 266 cm³/mol. The van der Waals surface area contributed by atoms with Gasteiger partial charge in [-0.1, -0.05) is 98.9 Å². The highest BCUT2D eigenvalue weighted by molar-refractivity contribution is 5.80. The molecule has 4 aliphatic rings. The average Bonchev–Trinajstić information content (AvgIpc) is 3.30. The molecule has 3 fully saturated rings. The first-order chi connectivity index (χ1) is 34.1. The van der Waals surface area contributed by atoms with Gasteiger partial charge in [-0.2, -0.15) is 0 Å². The Labute approximate surface area is 423 Å². The molecule has 19 heteroatoms. The highest BCUT2D eigenvalue weighted by Crippen LogP contribution is 2.38. The molecule has 0 aromatic rings.